The molecule has 7 nitrogen and oxygen atoms in total. The first-order valence-electron chi connectivity index (χ1n) is 4.81. The van der Waals surface area contributed by atoms with Crippen molar-refractivity contribution in [1.82, 2.24) is 4.31 Å². The van der Waals surface area contributed by atoms with Gasteiger partial charge in [-0.15, -0.1) is 0 Å². The van der Waals surface area contributed by atoms with Crippen LogP contribution >= 0.6 is 0 Å². The van der Waals surface area contributed by atoms with Crippen molar-refractivity contribution in [2.24, 2.45) is 0 Å². The number of hydrogen-bond donors (Lipinski definition) is 1. The van der Waals surface area contributed by atoms with Gasteiger partial charge in [-0.1, -0.05) is 0 Å². The number of likely N-dealkylation sites (N-methyl/N-ethyl adjacent to an activating group) is 1. The molecule has 0 bridgehead atoms. The van der Waals surface area contributed by atoms with Crippen LogP contribution in [-0.4, -0.2) is 30.8 Å². The van der Waals surface area contributed by atoms with Gasteiger partial charge in [0.15, 0.2) is 4.98 Å². The minimum absolute atomic E-state index is 0. The average Bonchev–Trinajstić information content (AvgIpc) is 2.51. The number of amides is 1. The number of rotatable bonds is 1. The van der Waals surface area contributed by atoms with Gasteiger partial charge in [0.25, 0.3) is 10.0 Å². The normalized spacial score (nSPS) is 17.1. The molecule has 0 saturated carbocycles. The summed E-state index contributed by atoms with van der Waals surface area (Å²) in [4.78, 5) is 13.9. The molecule has 19 heavy (non-hydrogen) atoms. The lowest BCUT2D eigenvalue weighted by molar-refractivity contribution is -0.123. The van der Waals surface area contributed by atoms with Crippen LogP contribution in [0.1, 0.15) is 5.56 Å². The fourth-order valence-corrected chi connectivity index (χ4v) is 2.92. The third-order valence-electron chi connectivity index (χ3n) is 2.57. The van der Waals surface area contributed by atoms with Crippen molar-refractivity contribution in [1.29, 1.82) is 5.39 Å². The van der Waals surface area contributed by atoms with E-state index in [1.54, 1.807) is 0 Å². The van der Waals surface area contributed by atoms with Gasteiger partial charge in [-0.2, -0.15) is 0 Å². The molecule has 0 unspecified atom stereocenters. The van der Waals surface area contributed by atoms with Crippen LogP contribution in [0, 0.1) is 5.39 Å². The van der Waals surface area contributed by atoms with E-state index in [2.05, 4.69) is 4.98 Å². The van der Waals surface area contributed by atoms with Gasteiger partial charge in [0.05, 0.1) is 0 Å². The molecular weight excluding hydrogens is 294 g/mol. The number of carbonyl (C=O) groups excluding carboxylic acids is 1. The summed E-state index contributed by atoms with van der Waals surface area (Å²) in [7, 11) is -2.95. The lowest BCUT2D eigenvalue weighted by Gasteiger charge is -2.08. The summed E-state index contributed by atoms with van der Waals surface area (Å²) in [5.41, 5.74) is 0.381. The summed E-state index contributed by atoms with van der Waals surface area (Å²) in [5.74, 6) is -1.79. The fraction of sp³-hybridized carbons (Fsp3) is 0.100. The Bertz CT molecular complexity index is 703. The second kappa shape index (κ2) is 4.87. The van der Waals surface area contributed by atoms with Gasteiger partial charge in [-0.25, -0.2) is 12.7 Å². The van der Waals surface area contributed by atoms with Crippen molar-refractivity contribution in [3.8, 4) is 0 Å². The second-order valence-corrected chi connectivity index (χ2v) is 5.51. The highest BCUT2D eigenvalue weighted by molar-refractivity contribution is 7.99. The monoisotopic (exact) mass is 301 g/mol. The van der Waals surface area contributed by atoms with E-state index < -0.39 is 26.6 Å². The Balaban J connectivity index is 0.00000180. The van der Waals surface area contributed by atoms with Crippen molar-refractivity contribution in [2.75, 3.05) is 7.05 Å². The highest BCUT2D eigenvalue weighted by atomic mass is 35.5. The number of hydrogen-bond acceptors (Lipinski definition) is 5. The van der Waals surface area contributed by atoms with Crippen molar-refractivity contribution in [3.05, 3.63) is 40.6 Å². The molecule has 1 heterocycles. The van der Waals surface area contributed by atoms with Crippen molar-refractivity contribution in [2.45, 2.75) is 0 Å². The number of benzene rings is 1. The molecule has 1 aliphatic heterocycles. The van der Waals surface area contributed by atoms with E-state index in [1.165, 1.54) is 24.3 Å². The molecule has 0 aliphatic carbocycles. The van der Waals surface area contributed by atoms with E-state index in [9.17, 15) is 18.3 Å². The summed E-state index contributed by atoms with van der Waals surface area (Å²) >= 11 is 0. The topological polar surface area (TPSA) is 103 Å². The number of sulfonamides is 1. The van der Waals surface area contributed by atoms with Crippen LogP contribution in [0.5, 0.6) is 0 Å². The number of diazo groups is 1. The Hall–Kier alpha value is -2.11. The van der Waals surface area contributed by atoms with Gasteiger partial charge in [0.2, 0.25) is 11.2 Å². The second-order valence-electron chi connectivity index (χ2n) is 3.60. The van der Waals surface area contributed by atoms with E-state index in [0.717, 1.165) is 7.05 Å². The molecule has 0 saturated heterocycles. The molecule has 2 rings (SSSR count). The first kappa shape index (κ1) is 14.9. The molecule has 0 fully saturated rings. The average molecular weight is 302 g/mol. The molecule has 9 heteroatoms. The molecule has 0 radical (unpaired) electrons. The third kappa shape index (κ3) is 2.14. The van der Waals surface area contributed by atoms with E-state index >= 15 is 0 Å². The summed E-state index contributed by atoms with van der Waals surface area (Å²) < 4.78 is 24.2. The minimum Gasteiger partial charge on any atom is -1.00 e. The van der Waals surface area contributed by atoms with Crippen molar-refractivity contribution < 1.29 is 30.7 Å². The molecule has 1 aromatic rings. The zero-order chi connectivity index (χ0) is 13.5. The Morgan fingerprint density at radius 3 is 2.16 bits per heavy atom. The summed E-state index contributed by atoms with van der Waals surface area (Å²) in [6.45, 7) is 0. The number of nitrogens with zero attached hydrogens (tertiary/aromatic N) is 3. The Morgan fingerprint density at radius 1 is 1.26 bits per heavy atom. The largest absolute Gasteiger partial charge is 1.00 e. The molecule has 1 amide bonds. The quantitative estimate of drug-likeness (QED) is 0.617. The smallest absolute Gasteiger partial charge is 0.385 e. The third-order valence-corrected chi connectivity index (χ3v) is 4.40. The van der Waals surface area contributed by atoms with Crippen LogP contribution < -0.4 is 12.4 Å². The van der Waals surface area contributed by atoms with E-state index in [0.29, 0.717) is 4.31 Å². The summed E-state index contributed by atoms with van der Waals surface area (Å²) in [6, 6.07) is 5.39. The first-order chi connectivity index (χ1) is 8.39. The van der Waals surface area contributed by atoms with Crippen LogP contribution in [0.3, 0.4) is 0 Å². The fourth-order valence-electron chi connectivity index (χ4n) is 1.58. The highest BCUT2D eigenvalue weighted by Gasteiger charge is 2.42. The van der Waals surface area contributed by atoms with Gasteiger partial charge in [-0.05, 0) is 17.7 Å². The Morgan fingerprint density at radius 2 is 1.79 bits per heavy atom. The van der Waals surface area contributed by atoms with E-state index in [1.807, 2.05) is 0 Å². The van der Waals surface area contributed by atoms with Crippen LogP contribution in [-0.2, 0) is 14.8 Å². The Labute approximate surface area is 115 Å². The van der Waals surface area contributed by atoms with Gasteiger partial charge in [-0.3, -0.25) is 4.79 Å². The number of aliphatic hydroxyl groups is 1. The van der Waals surface area contributed by atoms with Crippen LogP contribution in [0.15, 0.2) is 30.0 Å². The van der Waals surface area contributed by atoms with Crippen LogP contribution in [0.2, 0.25) is 0 Å². The SMILES string of the molecule is CN1C(=O)C(O)=C(c2ccc([N+]#N)cc2)S1(=O)=O.[Cl-]. The molecule has 1 aliphatic rings. The van der Waals surface area contributed by atoms with Crippen LogP contribution in [0.25, 0.3) is 9.88 Å². The zero-order valence-corrected chi connectivity index (χ0v) is 11.2. The summed E-state index contributed by atoms with van der Waals surface area (Å²) in [6.07, 6.45) is 0. The van der Waals surface area contributed by atoms with Crippen molar-refractivity contribution >= 4 is 26.5 Å². The lowest BCUT2D eigenvalue weighted by Crippen LogP contribution is -3.00. The number of carbonyl (C=O) groups is 1. The predicted octanol–water partition coefficient (Wildman–Crippen LogP) is -1.80. The molecule has 0 spiro atoms. The van der Waals surface area contributed by atoms with Gasteiger partial charge in [0.1, 0.15) is 4.91 Å². The van der Waals surface area contributed by atoms with Crippen LogP contribution in [0.4, 0.5) is 5.69 Å². The van der Waals surface area contributed by atoms with Gasteiger partial charge in [0, 0.05) is 19.2 Å². The standard InChI is InChI=1S/C10H7N3O4S.ClH/c1-13-10(15)8(14)9(18(13,16)17)6-2-4-7(12-11)5-3-6;/h2-5H,1H3;1H. The summed E-state index contributed by atoms with van der Waals surface area (Å²) in [5, 5.41) is 18.1. The van der Waals surface area contributed by atoms with Gasteiger partial charge >= 0.3 is 11.6 Å². The molecule has 0 aromatic heterocycles. The van der Waals surface area contributed by atoms with Crippen molar-refractivity contribution in [3.63, 3.8) is 0 Å². The number of halogens is 1. The zero-order valence-electron chi connectivity index (χ0n) is 9.61. The molecule has 1 N–H and O–H groups in total. The van der Waals surface area contributed by atoms with E-state index in [-0.39, 0.29) is 23.7 Å². The predicted molar refractivity (Wildman–Crippen MR) is 62.4 cm³/mol. The maximum atomic E-state index is 11.9. The lowest BCUT2D eigenvalue weighted by atomic mass is 10.2. The highest BCUT2D eigenvalue weighted by Crippen LogP contribution is 2.33. The molecule has 100 valence electrons. The Kier molecular flexibility index (Phi) is 3.83. The minimum atomic E-state index is -4.02. The maximum Gasteiger partial charge on any atom is 0.385 e. The molecule has 1 aromatic carbocycles. The first-order valence-corrected chi connectivity index (χ1v) is 6.25. The molecule has 0 atom stereocenters. The number of aliphatic hydroxyl groups excluding tert-OH is 1. The molecular formula is C10H8ClN3O4S. The van der Waals surface area contributed by atoms with E-state index in [4.69, 9.17) is 5.39 Å². The van der Waals surface area contributed by atoms with Gasteiger partial charge < -0.3 is 17.5 Å². The maximum absolute atomic E-state index is 11.9.